The lowest BCUT2D eigenvalue weighted by Crippen LogP contribution is -2.45. The van der Waals surface area contributed by atoms with Crippen molar-refractivity contribution >= 4 is 15.9 Å². The van der Waals surface area contributed by atoms with Gasteiger partial charge in [-0.2, -0.15) is 4.31 Å². The molecular weight excluding hydrogens is 316 g/mol. The van der Waals surface area contributed by atoms with Crippen LogP contribution in [0.5, 0.6) is 0 Å². The Morgan fingerprint density at radius 1 is 1.26 bits per heavy atom. The molecule has 1 N–H and O–H groups in total. The third-order valence-electron chi connectivity index (χ3n) is 4.11. The van der Waals surface area contributed by atoms with Crippen LogP contribution in [0.1, 0.15) is 31.7 Å². The molecule has 1 saturated heterocycles. The van der Waals surface area contributed by atoms with Crippen LogP contribution in [0, 0.1) is 0 Å². The van der Waals surface area contributed by atoms with E-state index in [1.807, 2.05) is 13.8 Å². The summed E-state index contributed by atoms with van der Waals surface area (Å²) >= 11 is 0. The molecule has 0 bridgehead atoms. The predicted octanol–water partition coefficient (Wildman–Crippen LogP) is 1.02. The molecule has 6 nitrogen and oxygen atoms in total. The Balaban J connectivity index is 2.35. The van der Waals surface area contributed by atoms with Gasteiger partial charge < -0.3 is 10.0 Å². The molecule has 1 heterocycles. The quantitative estimate of drug-likeness (QED) is 0.888. The molecule has 0 radical (unpaired) electrons. The normalized spacial score (nSPS) is 22.5. The van der Waals surface area contributed by atoms with Gasteiger partial charge in [-0.15, -0.1) is 0 Å². The predicted molar refractivity (Wildman–Crippen MR) is 87.5 cm³/mol. The lowest BCUT2D eigenvalue weighted by molar-refractivity contribution is -0.132. The van der Waals surface area contributed by atoms with E-state index in [1.54, 1.807) is 38.4 Å². The number of amides is 1. The van der Waals surface area contributed by atoms with Gasteiger partial charge in [0.05, 0.1) is 11.0 Å². The zero-order valence-corrected chi connectivity index (χ0v) is 14.7. The SMILES string of the molecule is CC(C)c1ccc(S(=O)(=O)N2CC(O)CC2C(=O)N(C)C)cc1. The number of aliphatic hydroxyl groups is 1. The Morgan fingerprint density at radius 2 is 1.83 bits per heavy atom. The Morgan fingerprint density at radius 3 is 2.30 bits per heavy atom. The molecule has 0 aromatic heterocycles. The summed E-state index contributed by atoms with van der Waals surface area (Å²) in [6.07, 6.45) is -0.700. The van der Waals surface area contributed by atoms with Gasteiger partial charge in [0.2, 0.25) is 15.9 Å². The Bertz CT molecular complexity index is 668. The van der Waals surface area contributed by atoms with Crippen LogP contribution >= 0.6 is 0 Å². The number of aliphatic hydroxyl groups excluding tert-OH is 1. The maximum absolute atomic E-state index is 12.8. The van der Waals surface area contributed by atoms with E-state index in [0.29, 0.717) is 5.92 Å². The summed E-state index contributed by atoms with van der Waals surface area (Å²) in [5.74, 6) is -0.00708. The van der Waals surface area contributed by atoms with Crippen molar-refractivity contribution in [3.05, 3.63) is 29.8 Å². The standard InChI is InChI=1S/C16H24N2O4S/c1-11(2)12-5-7-14(8-6-12)23(21,22)18-10-13(19)9-15(18)16(20)17(3)4/h5-8,11,13,15,19H,9-10H2,1-4H3. The van der Waals surface area contributed by atoms with Crippen molar-refractivity contribution in [2.24, 2.45) is 0 Å². The maximum Gasteiger partial charge on any atom is 0.243 e. The molecule has 0 aliphatic carbocycles. The van der Waals surface area contributed by atoms with Gasteiger partial charge in [0.1, 0.15) is 6.04 Å². The second kappa shape index (κ2) is 6.59. The van der Waals surface area contributed by atoms with Crippen LogP contribution in [0.15, 0.2) is 29.2 Å². The van der Waals surface area contributed by atoms with E-state index < -0.39 is 22.2 Å². The number of nitrogens with zero attached hydrogens (tertiary/aromatic N) is 2. The summed E-state index contributed by atoms with van der Waals surface area (Å²) in [7, 11) is -0.659. The highest BCUT2D eigenvalue weighted by molar-refractivity contribution is 7.89. The minimum absolute atomic E-state index is 0.0570. The number of likely N-dealkylation sites (N-methyl/N-ethyl adjacent to an activating group) is 1. The van der Waals surface area contributed by atoms with Crippen LogP contribution in [0.25, 0.3) is 0 Å². The molecule has 128 valence electrons. The van der Waals surface area contributed by atoms with E-state index in [4.69, 9.17) is 0 Å². The first-order valence-corrected chi connectivity index (χ1v) is 9.09. The van der Waals surface area contributed by atoms with Crippen molar-refractivity contribution in [1.82, 2.24) is 9.21 Å². The Labute approximate surface area is 137 Å². The van der Waals surface area contributed by atoms with Gasteiger partial charge >= 0.3 is 0 Å². The van der Waals surface area contributed by atoms with E-state index >= 15 is 0 Å². The second-order valence-electron chi connectivity index (χ2n) is 6.44. The smallest absolute Gasteiger partial charge is 0.243 e. The lowest BCUT2D eigenvalue weighted by atomic mass is 10.0. The van der Waals surface area contributed by atoms with Gasteiger partial charge in [-0.05, 0) is 23.6 Å². The summed E-state index contributed by atoms with van der Waals surface area (Å²) in [4.78, 5) is 13.7. The third kappa shape index (κ3) is 3.57. The minimum Gasteiger partial charge on any atom is -0.392 e. The molecular formula is C16H24N2O4S. The molecule has 2 unspecified atom stereocenters. The number of hydrogen-bond donors (Lipinski definition) is 1. The zero-order chi connectivity index (χ0) is 17.4. The van der Waals surface area contributed by atoms with Crippen molar-refractivity contribution in [3.63, 3.8) is 0 Å². The van der Waals surface area contributed by atoms with Crippen molar-refractivity contribution in [2.75, 3.05) is 20.6 Å². The third-order valence-corrected chi connectivity index (χ3v) is 6.00. The summed E-state index contributed by atoms with van der Waals surface area (Å²) in [6, 6.07) is 5.84. The van der Waals surface area contributed by atoms with E-state index in [9.17, 15) is 18.3 Å². The fourth-order valence-corrected chi connectivity index (χ4v) is 4.36. The monoisotopic (exact) mass is 340 g/mol. The van der Waals surface area contributed by atoms with Crippen LogP contribution in [0.4, 0.5) is 0 Å². The lowest BCUT2D eigenvalue weighted by Gasteiger charge is -2.25. The van der Waals surface area contributed by atoms with Gasteiger partial charge in [0.15, 0.2) is 0 Å². The average molecular weight is 340 g/mol. The van der Waals surface area contributed by atoms with E-state index in [-0.39, 0.29) is 23.8 Å². The van der Waals surface area contributed by atoms with Gasteiger partial charge in [0, 0.05) is 27.1 Å². The largest absolute Gasteiger partial charge is 0.392 e. The summed E-state index contributed by atoms with van der Waals surface area (Å²) < 4.78 is 26.8. The first-order valence-electron chi connectivity index (χ1n) is 7.65. The molecule has 0 spiro atoms. The fraction of sp³-hybridized carbons (Fsp3) is 0.562. The summed E-state index contributed by atoms with van der Waals surface area (Å²) in [6.45, 7) is 4.01. The zero-order valence-electron chi connectivity index (χ0n) is 13.9. The summed E-state index contributed by atoms with van der Waals surface area (Å²) in [5, 5.41) is 9.85. The number of sulfonamides is 1. The van der Waals surface area contributed by atoms with Gasteiger partial charge in [0.25, 0.3) is 0 Å². The van der Waals surface area contributed by atoms with Crippen LogP contribution in [0.3, 0.4) is 0 Å². The topological polar surface area (TPSA) is 77.9 Å². The molecule has 1 aliphatic heterocycles. The highest BCUT2D eigenvalue weighted by Crippen LogP contribution is 2.28. The molecule has 1 fully saturated rings. The number of β-amino-alcohol motifs (C(OH)–C–C–N with tert-alkyl or cyclic N) is 1. The number of hydrogen-bond acceptors (Lipinski definition) is 4. The maximum atomic E-state index is 12.8. The minimum atomic E-state index is -3.82. The fourth-order valence-electron chi connectivity index (χ4n) is 2.73. The molecule has 2 atom stereocenters. The van der Waals surface area contributed by atoms with Crippen molar-refractivity contribution < 1.29 is 18.3 Å². The number of carbonyl (C=O) groups is 1. The molecule has 7 heteroatoms. The molecule has 0 saturated carbocycles. The highest BCUT2D eigenvalue weighted by Gasteiger charge is 2.43. The van der Waals surface area contributed by atoms with Crippen molar-refractivity contribution in [1.29, 1.82) is 0 Å². The van der Waals surface area contributed by atoms with Crippen LogP contribution in [0.2, 0.25) is 0 Å². The van der Waals surface area contributed by atoms with E-state index in [2.05, 4.69) is 0 Å². The van der Waals surface area contributed by atoms with Gasteiger partial charge in [-0.1, -0.05) is 26.0 Å². The van der Waals surface area contributed by atoms with Crippen LogP contribution in [-0.2, 0) is 14.8 Å². The molecule has 1 aromatic rings. The van der Waals surface area contributed by atoms with Gasteiger partial charge in [-0.3, -0.25) is 4.79 Å². The number of benzene rings is 1. The van der Waals surface area contributed by atoms with Crippen LogP contribution < -0.4 is 0 Å². The highest BCUT2D eigenvalue weighted by atomic mass is 32.2. The molecule has 1 aliphatic rings. The molecule has 1 aromatic carbocycles. The first kappa shape index (κ1) is 17.9. The van der Waals surface area contributed by atoms with E-state index in [0.717, 1.165) is 9.87 Å². The average Bonchev–Trinajstić information content (AvgIpc) is 2.89. The number of rotatable bonds is 4. The molecule has 1 amide bonds. The van der Waals surface area contributed by atoms with Gasteiger partial charge in [-0.25, -0.2) is 8.42 Å². The van der Waals surface area contributed by atoms with E-state index in [1.165, 1.54) is 4.90 Å². The Hall–Kier alpha value is -1.44. The van der Waals surface area contributed by atoms with Crippen molar-refractivity contribution in [3.8, 4) is 0 Å². The second-order valence-corrected chi connectivity index (χ2v) is 8.33. The summed E-state index contributed by atoms with van der Waals surface area (Å²) in [5.41, 5.74) is 1.05. The first-order chi connectivity index (χ1) is 10.6. The molecule has 23 heavy (non-hydrogen) atoms. The Kier molecular flexibility index (Phi) is 5.13. The van der Waals surface area contributed by atoms with Crippen LogP contribution in [-0.4, -0.2) is 61.4 Å². The number of carbonyl (C=O) groups excluding carboxylic acids is 1. The van der Waals surface area contributed by atoms with Crippen molar-refractivity contribution in [2.45, 2.75) is 43.2 Å². The molecule has 2 rings (SSSR count).